The van der Waals surface area contributed by atoms with Gasteiger partial charge in [0.15, 0.2) is 0 Å². The van der Waals surface area contributed by atoms with Crippen LogP contribution in [0.2, 0.25) is 5.15 Å². The molecule has 2 N–H and O–H groups in total. The second-order valence-electron chi connectivity index (χ2n) is 5.36. The first-order chi connectivity index (χ1) is 10.1. The summed E-state index contributed by atoms with van der Waals surface area (Å²) in [6.45, 7) is 4.16. The molecule has 112 valence electrons. The molecule has 1 aromatic heterocycles. The van der Waals surface area contributed by atoms with Crippen molar-refractivity contribution >= 4 is 11.6 Å². The van der Waals surface area contributed by atoms with Crippen molar-refractivity contribution in [3.05, 3.63) is 64.9 Å². The van der Waals surface area contributed by atoms with Crippen LogP contribution >= 0.6 is 11.6 Å². The summed E-state index contributed by atoms with van der Waals surface area (Å²) in [6, 6.07) is 13.9. The molecule has 0 aliphatic rings. The van der Waals surface area contributed by atoms with Gasteiger partial charge in [0.2, 0.25) is 0 Å². The van der Waals surface area contributed by atoms with Crippen LogP contribution in [0.4, 0.5) is 0 Å². The zero-order valence-corrected chi connectivity index (χ0v) is 13.1. The van der Waals surface area contributed by atoms with Gasteiger partial charge in [-0.1, -0.05) is 41.9 Å². The third kappa shape index (κ3) is 4.81. The summed E-state index contributed by atoms with van der Waals surface area (Å²) in [5.41, 5.74) is 2.04. The summed E-state index contributed by atoms with van der Waals surface area (Å²) < 4.78 is 0. The van der Waals surface area contributed by atoms with E-state index in [1.165, 1.54) is 0 Å². The number of hydrogen-bond acceptors (Lipinski definition) is 3. The van der Waals surface area contributed by atoms with Gasteiger partial charge in [-0.05, 0) is 43.5 Å². The van der Waals surface area contributed by atoms with Crippen molar-refractivity contribution in [2.75, 3.05) is 0 Å². The molecular formula is C17H21ClN2O. The number of benzene rings is 1. The maximum atomic E-state index is 10.2. The molecule has 0 saturated carbocycles. The number of hydrogen-bond donors (Lipinski definition) is 2. The highest BCUT2D eigenvalue weighted by Gasteiger charge is 2.15. The molecule has 3 unspecified atom stereocenters. The lowest BCUT2D eigenvalue weighted by Gasteiger charge is -2.23. The van der Waals surface area contributed by atoms with Crippen molar-refractivity contribution in [1.29, 1.82) is 0 Å². The molecule has 0 spiro atoms. The van der Waals surface area contributed by atoms with Gasteiger partial charge in [0.25, 0.3) is 0 Å². The smallest absolute Gasteiger partial charge is 0.129 e. The van der Waals surface area contributed by atoms with E-state index in [2.05, 4.69) is 24.1 Å². The minimum Gasteiger partial charge on any atom is -0.388 e. The second-order valence-corrected chi connectivity index (χ2v) is 5.75. The molecule has 0 saturated heterocycles. The molecule has 1 aromatic carbocycles. The fourth-order valence-corrected chi connectivity index (χ4v) is 2.61. The third-order valence-electron chi connectivity index (χ3n) is 3.55. The molecule has 0 amide bonds. The summed E-state index contributed by atoms with van der Waals surface area (Å²) in [5, 5.41) is 14.2. The van der Waals surface area contributed by atoms with Crippen LogP contribution < -0.4 is 5.32 Å². The van der Waals surface area contributed by atoms with Crippen LogP contribution in [0.1, 0.15) is 43.5 Å². The predicted octanol–water partition coefficient (Wildman–Crippen LogP) is 3.90. The number of aliphatic hydroxyl groups is 1. The third-order valence-corrected chi connectivity index (χ3v) is 3.75. The van der Waals surface area contributed by atoms with E-state index in [1.54, 1.807) is 6.20 Å². The lowest BCUT2D eigenvalue weighted by atomic mass is 10.0. The summed E-state index contributed by atoms with van der Waals surface area (Å²) in [5.74, 6) is 0. The molecule has 0 aliphatic carbocycles. The van der Waals surface area contributed by atoms with Crippen LogP contribution in [0.5, 0.6) is 0 Å². The number of aromatic nitrogens is 1. The number of nitrogens with zero attached hydrogens (tertiary/aromatic N) is 1. The Morgan fingerprint density at radius 3 is 2.52 bits per heavy atom. The van der Waals surface area contributed by atoms with Gasteiger partial charge in [-0.15, -0.1) is 0 Å². The Bertz CT molecular complexity index is 562. The quantitative estimate of drug-likeness (QED) is 0.796. The van der Waals surface area contributed by atoms with E-state index in [9.17, 15) is 5.11 Å². The van der Waals surface area contributed by atoms with Crippen LogP contribution in [0.3, 0.4) is 0 Å². The maximum Gasteiger partial charge on any atom is 0.129 e. The largest absolute Gasteiger partial charge is 0.388 e. The fraction of sp³-hybridized carbons (Fsp3) is 0.353. The highest BCUT2D eigenvalue weighted by Crippen LogP contribution is 2.20. The van der Waals surface area contributed by atoms with E-state index < -0.39 is 6.10 Å². The molecule has 0 fully saturated rings. The van der Waals surface area contributed by atoms with E-state index in [1.807, 2.05) is 42.5 Å². The zero-order valence-electron chi connectivity index (χ0n) is 12.3. The lowest BCUT2D eigenvalue weighted by Crippen LogP contribution is -2.30. The Labute approximate surface area is 131 Å². The van der Waals surface area contributed by atoms with Gasteiger partial charge >= 0.3 is 0 Å². The maximum absolute atomic E-state index is 10.2. The minimum atomic E-state index is -0.457. The molecule has 0 radical (unpaired) electrons. The Hall–Kier alpha value is -1.42. The SMILES string of the molecule is CC(CC(O)c1ccccc1)NC(C)c1ccnc(Cl)c1. The molecule has 0 bridgehead atoms. The molecule has 3 nitrogen and oxygen atoms in total. The van der Waals surface area contributed by atoms with Gasteiger partial charge in [0.05, 0.1) is 6.10 Å². The van der Waals surface area contributed by atoms with Crippen molar-refractivity contribution < 1.29 is 5.11 Å². The predicted molar refractivity (Wildman–Crippen MR) is 86.3 cm³/mol. The number of nitrogens with one attached hydrogen (secondary N) is 1. The van der Waals surface area contributed by atoms with Crippen molar-refractivity contribution in [1.82, 2.24) is 10.3 Å². The average molecular weight is 305 g/mol. The normalized spacial score (nSPS) is 15.4. The number of rotatable bonds is 6. The first-order valence-electron chi connectivity index (χ1n) is 7.16. The van der Waals surface area contributed by atoms with E-state index >= 15 is 0 Å². The monoisotopic (exact) mass is 304 g/mol. The topological polar surface area (TPSA) is 45.1 Å². The highest BCUT2D eigenvalue weighted by atomic mass is 35.5. The van der Waals surface area contributed by atoms with Gasteiger partial charge in [-0.3, -0.25) is 0 Å². The molecule has 1 heterocycles. The van der Waals surface area contributed by atoms with Gasteiger partial charge in [-0.2, -0.15) is 0 Å². The van der Waals surface area contributed by atoms with Crippen molar-refractivity contribution in [2.45, 2.75) is 38.5 Å². The van der Waals surface area contributed by atoms with E-state index in [0.29, 0.717) is 11.6 Å². The molecule has 0 aliphatic heterocycles. The van der Waals surface area contributed by atoms with Gasteiger partial charge in [0, 0.05) is 18.3 Å². The van der Waals surface area contributed by atoms with Crippen LogP contribution in [-0.4, -0.2) is 16.1 Å². The summed E-state index contributed by atoms with van der Waals surface area (Å²) >= 11 is 5.91. The Balaban J connectivity index is 1.91. The van der Waals surface area contributed by atoms with Crippen molar-refractivity contribution in [2.24, 2.45) is 0 Å². The van der Waals surface area contributed by atoms with Crippen molar-refractivity contribution in [3.8, 4) is 0 Å². The first kappa shape index (κ1) is 16.0. The summed E-state index contributed by atoms with van der Waals surface area (Å²) in [4.78, 5) is 3.99. The number of pyridine rings is 1. The molecule has 21 heavy (non-hydrogen) atoms. The fourth-order valence-electron chi connectivity index (χ4n) is 2.42. The molecule has 3 atom stereocenters. The molecule has 2 aromatic rings. The van der Waals surface area contributed by atoms with Crippen LogP contribution in [-0.2, 0) is 0 Å². The average Bonchev–Trinajstić information content (AvgIpc) is 2.48. The van der Waals surface area contributed by atoms with E-state index in [-0.39, 0.29) is 12.1 Å². The Kier molecular flexibility index (Phi) is 5.74. The van der Waals surface area contributed by atoms with Crippen LogP contribution in [0, 0.1) is 0 Å². The lowest BCUT2D eigenvalue weighted by molar-refractivity contribution is 0.152. The van der Waals surface area contributed by atoms with Crippen LogP contribution in [0.15, 0.2) is 48.7 Å². The van der Waals surface area contributed by atoms with Gasteiger partial charge in [-0.25, -0.2) is 4.98 Å². The minimum absolute atomic E-state index is 0.156. The Morgan fingerprint density at radius 2 is 1.86 bits per heavy atom. The number of aliphatic hydroxyl groups excluding tert-OH is 1. The van der Waals surface area contributed by atoms with E-state index in [0.717, 1.165) is 11.1 Å². The summed E-state index contributed by atoms with van der Waals surface area (Å²) in [7, 11) is 0. The highest BCUT2D eigenvalue weighted by molar-refractivity contribution is 6.29. The summed E-state index contributed by atoms with van der Waals surface area (Å²) in [6.07, 6.45) is 1.91. The second kappa shape index (κ2) is 7.55. The van der Waals surface area contributed by atoms with Crippen LogP contribution in [0.25, 0.3) is 0 Å². The number of halogens is 1. The molecule has 2 rings (SSSR count). The molecular weight excluding hydrogens is 284 g/mol. The standard InChI is InChI=1S/C17H21ClN2O/c1-12(10-16(21)14-6-4-3-5-7-14)20-13(2)15-8-9-19-17(18)11-15/h3-9,11-13,16,20-21H,10H2,1-2H3. The van der Waals surface area contributed by atoms with Crippen molar-refractivity contribution in [3.63, 3.8) is 0 Å². The molecule has 4 heteroatoms. The zero-order chi connectivity index (χ0) is 15.2. The van der Waals surface area contributed by atoms with Gasteiger partial charge < -0.3 is 10.4 Å². The Morgan fingerprint density at radius 1 is 1.14 bits per heavy atom. The van der Waals surface area contributed by atoms with E-state index in [4.69, 9.17) is 11.6 Å². The first-order valence-corrected chi connectivity index (χ1v) is 7.54. The van der Waals surface area contributed by atoms with Gasteiger partial charge in [0.1, 0.15) is 5.15 Å².